The molecule has 1 saturated heterocycles. The number of amides is 1. The molecule has 4 rings (SSSR count). The lowest BCUT2D eigenvalue weighted by Crippen LogP contribution is -2.27. The third-order valence-corrected chi connectivity index (χ3v) is 5.60. The molecule has 0 bridgehead atoms. The number of aromatic nitrogens is 1. The van der Waals surface area contributed by atoms with E-state index in [1.54, 1.807) is 0 Å². The number of aromatic amines is 1. The van der Waals surface area contributed by atoms with E-state index in [-0.39, 0.29) is 12.3 Å². The highest BCUT2D eigenvalue weighted by molar-refractivity contribution is 6.35. The Bertz CT molecular complexity index is 952. The zero-order valence-corrected chi connectivity index (χ0v) is 16.0. The van der Waals surface area contributed by atoms with E-state index < -0.39 is 5.97 Å². The number of carbonyl (C=O) groups excluding carboxylic acids is 1. The van der Waals surface area contributed by atoms with E-state index in [4.69, 9.17) is 5.11 Å². The van der Waals surface area contributed by atoms with Gasteiger partial charge in [-0.2, -0.15) is 0 Å². The molecule has 1 amide bonds. The van der Waals surface area contributed by atoms with Crippen molar-refractivity contribution >= 4 is 29.2 Å². The van der Waals surface area contributed by atoms with Gasteiger partial charge < -0.3 is 20.7 Å². The molecule has 0 saturated carbocycles. The zero-order valence-electron chi connectivity index (χ0n) is 16.0. The van der Waals surface area contributed by atoms with Crippen LogP contribution < -0.4 is 10.6 Å². The molecular weight excluding hydrogens is 354 g/mol. The standard InChI is InChI=1S/C22H25N3O3/c1-13-11-15(5-6-20(26)27)19(24-13)12-17-21-16(14-7-9-23-10-8-14)3-2-4-18(21)25-22(17)28/h2-4,11-12,14,23-24H,5-10H2,1H3,(H,25,28)(H,26,27)/b17-12-. The van der Waals surface area contributed by atoms with Crippen LogP contribution in [0.4, 0.5) is 5.69 Å². The van der Waals surface area contributed by atoms with Gasteiger partial charge in [0, 0.05) is 29.1 Å². The van der Waals surface area contributed by atoms with Gasteiger partial charge in [0.05, 0.1) is 5.57 Å². The van der Waals surface area contributed by atoms with Crippen LogP contribution in [-0.4, -0.2) is 35.1 Å². The smallest absolute Gasteiger partial charge is 0.303 e. The molecule has 2 aliphatic heterocycles. The Balaban J connectivity index is 1.75. The lowest BCUT2D eigenvalue weighted by Gasteiger charge is -2.25. The van der Waals surface area contributed by atoms with Crippen molar-refractivity contribution < 1.29 is 14.7 Å². The van der Waals surface area contributed by atoms with Gasteiger partial charge in [-0.05, 0) is 74.5 Å². The Kier molecular flexibility index (Phi) is 5.05. The molecule has 1 aromatic heterocycles. The van der Waals surface area contributed by atoms with Crippen molar-refractivity contribution in [2.75, 3.05) is 18.4 Å². The van der Waals surface area contributed by atoms with Crippen molar-refractivity contribution in [1.29, 1.82) is 0 Å². The SMILES string of the molecule is Cc1cc(CCC(=O)O)c(/C=C2\C(=O)Nc3cccc(C4CCNCC4)c32)[nH]1. The van der Waals surface area contributed by atoms with Gasteiger partial charge in [0.15, 0.2) is 0 Å². The van der Waals surface area contributed by atoms with E-state index in [1.165, 1.54) is 5.56 Å². The fourth-order valence-electron chi connectivity index (χ4n) is 4.28. The molecule has 1 aromatic carbocycles. The lowest BCUT2D eigenvalue weighted by atomic mass is 9.85. The maximum absolute atomic E-state index is 12.8. The first kappa shape index (κ1) is 18.5. The van der Waals surface area contributed by atoms with Gasteiger partial charge in [-0.1, -0.05) is 12.1 Å². The van der Waals surface area contributed by atoms with Crippen LogP contribution in [0.5, 0.6) is 0 Å². The molecule has 0 unspecified atom stereocenters. The first-order chi connectivity index (χ1) is 13.5. The fraction of sp³-hybridized carbons (Fsp3) is 0.364. The average molecular weight is 379 g/mol. The van der Waals surface area contributed by atoms with Crippen LogP contribution in [0.2, 0.25) is 0 Å². The molecule has 2 aliphatic rings. The number of rotatable bonds is 5. The highest BCUT2D eigenvalue weighted by Gasteiger charge is 2.30. The molecule has 28 heavy (non-hydrogen) atoms. The Labute approximate surface area is 164 Å². The highest BCUT2D eigenvalue weighted by Crippen LogP contribution is 2.41. The van der Waals surface area contributed by atoms with Gasteiger partial charge in [0.25, 0.3) is 5.91 Å². The number of carboxylic acid groups (broad SMARTS) is 1. The second-order valence-electron chi connectivity index (χ2n) is 7.59. The summed E-state index contributed by atoms with van der Waals surface area (Å²) < 4.78 is 0. The Morgan fingerprint density at radius 3 is 2.82 bits per heavy atom. The first-order valence-corrected chi connectivity index (χ1v) is 9.80. The normalized spacial score (nSPS) is 18.3. The van der Waals surface area contributed by atoms with E-state index in [1.807, 2.05) is 31.2 Å². The predicted octanol–water partition coefficient (Wildman–Crippen LogP) is 3.30. The van der Waals surface area contributed by atoms with Crippen LogP contribution in [-0.2, 0) is 16.0 Å². The summed E-state index contributed by atoms with van der Waals surface area (Å²) in [6.45, 7) is 3.92. The number of hydrogen-bond acceptors (Lipinski definition) is 3. The van der Waals surface area contributed by atoms with Gasteiger partial charge in [-0.3, -0.25) is 9.59 Å². The second-order valence-corrected chi connectivity index (χ2v) is 7.59. The number of piperidine rings is 1. The molecule has 0 radical (unpaired) electrons. The fourth-order valence-corrected chi connectivity index (χ4v) is 4.28. The third-order valence-electron chi connectivity index (χ3n) is 5.60. The van der Waals surface area contributed by atoms with E-state index >= 15 is 0 Å². The van der Waals surface area contributed by atoms with E-state index in [0.717, 1.165) is 54.1 Å². The van der Waals surface area contributed by atoms with Crippen LogP contribution in [0, 0.1) is 6.92 Å². The number of benzene rings is 1. The summed E-state index contributed by atoms with van der Waals surface area (Å²) in [6.07, 6.45) is 4.50. The molecule has 6 nitrogen and oxygen atoms in total. The van der Waals surface area contributed by atoms with Crippen molar-refractivity contribution in [3.8, 4) is 0 Å². The maximum atomic E-state index is 12.8. The molecular formula is C22H25N3O3. The largest absolute Gasteiger partial charge is 0.481 e. The molecule has 0 aliphatic carbocycles. The second kappa shape index (κ2) is 7.64. The van der Waals surface area contributed by atoms with Crippen LogP contribution in [0.3, 0.4) is 0 Å². The molecule has 0 spiro atoms. The highest BCUT2D eigenvalue weighted by atomic mass is 16.4. The number of carboxylic acids is 1. The monoisotopic (exact) mass is 379 g/mol. The summed E-state index contributed by atoms with van der Waals surface area (Å²) in [4.78, 5) is 27.0. The lowest BCUT2D eigenvalue weighted by molar-refractivity contribution is -0.137. The number of carbonyl (C=O) groups is 2. The van der Waals surface area contributed by atoms with Gasteiger partial charge in [-0.15, -0.1) is 0 Å². The number of anilines is 1. The topological polar surface area (TPSA) is 94.2 Å². The molecule has 6 heteroatoms. The molecule has 2 aromatic rings. The third kappa shape index (κ3) is 3.60. The quantitative estimate of drug-likeness (QED) is 0.600. The number of fused-ring (bicyclic) bond motifs is 1. The van der Waals surface area contributed by atoms with Gasteiger partial charge >= 0.3 is 5.97 Å². The summed E-state index contributed by atoms with van der Waals surface area (Å²) >= 11 is 0. The van der Waals surface area contributed by atoms with Crippen molar-refractivity contribution in [3.63, 3.8) is 0 Å². The minimum absolute atomic E-state index is 0.0660. The number of aryl methyl sites for hydroxylation is 2. The number of nitrogens with one attached hydrogen (secondary N) is 3. The molecule has 0 atom stereocenters. The van der Waals surface area contributed by atoms with Crippen molar-refractivity contribution in [2.24, 2.45) is 0 Å². The molecule has 146 valence electrons. The van der Waals surface area contributed by atoms with E-state index in [2.05, 4.69) is 21.7 Å². The number of H-pyrrole nitrogens is 1. The Morgan fingerprint density at radius 2 is 2.07 bits per heavy atom. The summed E-state index contributed by atoms with van der Waals surface area (Å²) in [5, 5.41) is 15.4. The van der Waals surface area contributed by atoms with Crippen LogP contribution in [0.1, 0.15) is 53.3 Å². The maximum Gasteiger partial charge on any atom is 0.303 e. The number of aliphatic carboxylic acids is 1. The summed E-state index contributed by atoms with van der Waals surface area (Å²) in [6, 6.07) is 8.05. The van der Waals surface area contributed by atoms with Gasteiger partial charge in [-0.25, -0.2) is 0 Å². The average Bonchev–Trinajstić information content (AvgIpc) is 3.20. The Morgan fingerprint density at radius 1 is 1.29 bits per heavy atom. The summed E-state index contributed by atoms with van der Waals surface area (Å²) in [7, 11) is 0. The molecule has 4 N–H and O–H groups in total. The Hall–Kier alpha value is -2.86. The minimum Gasteiger partial charge on any atom is -0.481 e. The van der Waals surface area contributed by atoms with E-state index in [9.17, 15) is 9.59 Å². The summed E-state index contributed by atoms with van der Waals surface area (Å²) in [5.74, 6) is -0.494. The van der Waals surface area contributed by atoms with Gasteiger partial charge in [0.1, 0.15) is 0 Å². The first-order valence-electron chi connectivity index (χ1n) is 9.80. The zero-order chi connectivity index (χ0) is 19.7. The van der Waals surface area contributed by atoms with Crippen molar-refractivity contribution in [3.05, 3.63) is 52.3 Å². The molecule has 3 heterocycles. The van der Waals surface area contributed by atoms with Crippen LogP contribution in [0.25, 0.3) is 11.6 Å². The van der Waals surface area contributed by atoms with Crippen LogP contribution in [0.15, 0.2) is 24.3 Å². The van der Waals surface area contributed by atoms with E-state index in [0.29, 0.717) is 17.9 Å². The number of hydrogen-bond donors (Lipinski definition) is 4. The predicted molar refractivity (Wildman–Crippen MR) is 109 cm³/mol. The van der Waals surface area contributed by atoms with Crippen molar-refractivity contribution in [2.45, 2.75) is 38.5 Å². The van der Waals surface area contributed by atoms with Crippen molar-refractivity contribution in [1.82, 2.24) is 10.3 Å². The van der Waals surface area contributed by atoms with Gasteiger partial charge in [0.2, 0.25) is 0 Å². The minimum atomic E-state index is -0.824. The summed E-state index contributed by atoms with van der Waals surface area (Å²) in [5.41, 5.74) is 6.43. The van der Waals surface area contributed by atoms with Crippen LogP contribution >= 0.6 is 0 Å². The molecule has 1 fully saturated rings.